The van der Waals surface area contributed by atoms with Crippen molar-refractivity contribution in [2.24, 2.45) is 0 Å². The first-order chi connectivity index (χ1) is 8.97. The standard InChI is InChI=1S/C12H11ClN4O2/c1-7-6-15-12(5-11(7)17(18)19)16-10-4-8(14)2-3-9(10)13/h2-6H,14H2,1H3,(H,15,16). The second-order valence-corrected chi connectivity index (χ2v) is 4.38. The van der Waals surface area contributed by atoms with E-state index in [0.29, 0.717) is 27.8 Å². The van der Waals surface area contributed by atoms with Crippen LogP contribution in [-0.2, 0) is 0 Å². The predicted octanol–water partition coefficient (Wildman–Crippen LogP) is 3.28. The van der Waals surface area contributed by atoms with Gasteiger partial charge in [-0.15, -0.1) is 0 Å². The number of benzene rings is 1. The third-order valence-corrected chi connectivity index (χ3v) is 2.85. The van der Waals surface area contributed by atoms with Crippen LogP contribution in [0.2, 0.25) is 5.02 Å². The Hall–Kier alpha value is -2.34. The maximum Gasteiger partial charge on any atom is 0.277 e. The number of hydrogen-bond acceptors (Lipinski definition) is 5. The first-order valence-corrected chi connectivity index (χ1v) is 5.78. The average molecular weight is 279 g/mol. The Morgan fingerprint density at radius 2 is 2.16 bits per heavy atom. The Labute approximate surface area is 114 Å². The van der Waals surface area contributed by atoms with Gasteiger partial charge in [-0.2, -0.15) is 0 Å². The van der Waals surface area contributed by atoms with E-state index in [0.717, 1.165) is 0 Å². The molecule has 1 aromatic carbocycles. The van der Waals surface area contributed by atoms with Gasteiger partial charge in [0, 0.05) is 17.4 Å². The zero-order valence-electron chi connectivity index (χ0n) is 10.1. The summed E-state index contributed by atoms with van der Waals surface area (Å²) in [5.41, 5.74) is 7.23. The molecule has 0 radical (unpaired) electrons. The lowest BCUT2D eigenvalue weighted by Gasteiger charge is -2.08. The van der Waals surface area contributed by atoms with E-state index in [4.69, 9.17) is 17.3 Å². The fourth-order valence-corrected chi connectivity index (χ4v) is 1.72. The number of nitrogens with one attached hydrogen (secondary N) is 1. The number of aromatic nitrogens is 1. The molecule has 1 heterocycles. The first kappa shape index (κ1) is 13.1. The number of pyridine rings is 1. The Morgan fingerprint density at radius 3 is 2.84 bits per heavy atom. The smallest absolute Gasteiger partial charge is 0.277 e. The van der Waals surface area contributed by atoms with Crippen LogP contribution < -0.4 is 11.1 Å². The van der Waals surface area contributed by atoms with Crippen molar-refractivity contribution in [1.82, 2.24) is 4.98 Å². The molecule has 0 aliphatic heterocycles. The molecule has 0 aliphatic carbocycles. The van der Waals surface area contributed by atoms with Crippen molar-refractivity contribution >= 4 is 34.5 Å². The lowest BCUT2D eigenvalue weighted by Crippen LogP contribution is -1.99. The molecule has 0 amide bonds. The van der Waals surface area contributed by atoms with E-state index < -0.39 is 4.92 Å². The lowest BCUT2D eigenvalue weighted by molar-refractivity contribution is -0.385. The summed E-state index contributed by atoms with van der Waals surface area (Å²) in [7, 11) is 0. The molecule has 0 spiro atoms. The highest BCUT2D eigenvalue weighted by Gasteiger charge is 2.12. The van der Waals surface area contributed by atoms with Crippen molar-refractivity contribution < 1.29 is 4.92 Å². The monoisotopic (exact) mass is 278 g/mol. The van der Waals surface area contributed by atoms with E-state index in [1.165, 1.54) is 12.3 Å². The Kier molecular flexibility index (Phi) is 3.52. The summed E-state index contributed by atoms with van der Waals surface area (Å²) in [5, 5.41) is 14.2. The molecule has 0 saturated heterocycles. The lowest BCUT2D eigenvalue weighted by atomic mass is 10.2. The SMILES string of the molecule is Cc1cnc(Nc2cc(N)ccc2Cl)cc1[N+](=O)[O-]. The summed E-state index contributed by atoms with van der Waals surface area (Å²) < 4.78 is 0. The number of anilines is 3. The van der Waals surface area contributed by atoms with Gasteiger partial charge >= 0.3 is 0 Å². The van der Waals surface area contributed by atoms with E-state index in [9.17, 15) is 10.1 Å². The third-order valence-electron chi connectivity index (χ3n) is 2.52. The molecular formula is C12H11ClN4O2. The van der Waals surface area contributed by atoms with Crippen molar-refractivity contribution in [2.75, 3.05) is 11.1 Å². The fraction of sp³-hybridized carbons (Fsp3) is 0.0833. The van der Waals surface area contributed by atoms with Crippen LogP contribution in [0, 0.1) is 17.0 Å². The number of nitrogens with zero attached hydrogens (tertiary/aromatic N) is 2. The number of nitrogen functional groups attached to an aromatic ring is 1. The number of rotatable bonds is 3. The summed E-state index contributed by atoms with van der Waals surface area (Å²) in [6, 6.07) is 6.30. The molecule has 3 N–H and O–H groups in total. The molecule has 0 bridgehead atoms. The number of nitrogens with two attached hydrogens (primary N) is 1. The molecule has 1 aromatic heterocycles. The van der Waals surface area contributed by atoms with Gasteiger partial charge in [-0.1, -0.05) is 11.6 Å². The van der Waals surface area contributed by atoms with Crippen LogP contribution in [0.4, 0.5) is 22.9 Å². The predicted molar refractivity (Wildman–Crippen MR) is 74.8 cm³/mol. The van der Waals surface area contributed by atoms with Crippen LogP contribution >= 0.6 is 11.6 Å². The highest BCUT2D eigenvalue weighted by atomic mass is 35.5. The zero-order valence-corrected chi connectivity index (χ0v) is 10.8. The number of nitro groups is 1. The molecule has 19 heavy (non-hydrogen) atoms. The normalized spacial score (nSPS) is 10.2. The minimum Gasteiger partial charge on any atom is -0.399 e. The second kappa shape index (κ2) is 5.11. The van der Waals surface area contributed by atoms with Crippen LogP contribution in [0.5, 0.6) is 0 Å². The van der Waals surface area contributed by atoms with Gasteiger partial charge in [0.05, 0.1) is 21.7 Å². The minimum atomic E-state index is -0.455. The van der Waals surface area contributed by atoms with E-state index in [1.807, 2.05) is 0 Å². The Morgan fingerprint density at radius 1 is 1.42 bits per heavy atom. The van der Waals surface area contributed by atoms with Gasteiger partial charge in [0.15, 0.2) is 0 Å². The quantitative estimate of drug-likeness (QED) is 0.510. The number of hydrogen-bond donors (Lipinski definition) is 2. The topological polar surface area (TPSA) is 94.1 Å². The van der Waals surface area contributed by atoms with Crippen LogP contribution in [0.25, 0.3) is 0 Å². The summed E-state index contributed by atoms with van der Waals surface area (Å²) >= 11 is 6.00. The van der Waals surface area contributed by atoms with E-state index in [1.54, 1.807) is 25.1 Å². The average Bonchev–Trinajstić information content (AvgIpc) is 2.36. The number of aryl methyl sites for hydroxylation is 1. The van der Waals surface area contributed by atoms with Gasteiger partial charge in [0.2, 0.25) is 0 Å². The molecule has 0 atom stereocenters. The van der Waals surface area contributed by atoms with Crippen molar-refractivity contribution in [1.29, 1.82) is 0 Å². The fourth-order valence-electron chi connectivity index (χ4n) is 1.55. The third kappa shape index (κ3) is 2.92. The van der Waals surface area contributed by atoms with Gasteiger partial charge in [-0.05, 0) is 25.1 Å². The Bertz CT molecular complexity index is 646. The van der Waals surface area contributed by atoms with Gasteiger partial charge in [0.1, 0.15) is 5.82 Å². The van der Waals surface area contributed by atoms with Crippen LogP contribution in [0.3, 0.4) is 0 Å². The Balaban J connectivity index is 2.36. The first-order valence-electron chi connectivity index (χ1n) is 5.40. The van der Waals surface area contributed by atoms with Crippen LogP contribution in [0.15, 0.2) is 30.5 Å². The summed E-state index contributed by atoms with van der Waals surface area (Å²) in [4.78, 5) is 14.5. The molecule has 2 aromatic rings. The molecule has 0 aliphatic rings. The van der Waals surface area contributed by atoms with Crippen molar-refractivity contribution in [2.45, 2.75) is 6.92 Å². The van der Waals surface area contributed by atoms with E-state index in [2.05, 4.69) is 10.3 Å². The molecule has 6 nitrogen and oxygen atoms in total. The highest BCUT2D eigenvalue weighted by molar-refractivity contribution is 6.33. The maximum absolute atomic E-state index is 10.9. The summed E-state index contributed by atoms with van der Waals surface area (Å²) in [6.45, 7) is 1.63. The summed E-state index contributed by atoms with van der Waals surface area (Å²) in [6.07, 6.45) is 1.43. The highest BCUT2D eigenvalue weighted by Crippen LogP contribution is 2.28. The second-order valence-electron chi connectivity index (χ2n) is 3.98. The van der Waals surface area contributed by atoms with Crippen molar-refractivity contribution in [3.63, 3.8) is 0 Å². The molecule has 0 unspecified atom stereocenters. The molecule has 2 rings (SSSR count). The van der Waals surface area contributed by atoms with Crippen molar-refractivity contribution in [3.05, 3.63) is 51.2 Å². The molecule has 0 saturated carbocycles. The number of halogens is 1. The molecule has 0 fully saturated rings. The minimum absolute atomic E-state index is 0.00229. The van der Waals surface area contributed by atoms with E-state index >= 15 is 0 Å². The maximum atomic E-state index is 10.9. The van der Waals surface area contributed by atoms with Gasteiger partial charge in [0.25, 0.3) is 5.69 Å². The zero-order chi connectivity index (χ0) is 14.0. The van der Waals surface area contributed by atoms with Crippen molar-refractivity contribution in [3.8, 4) is 0 Å². The van der Waals surface area contributed by atoms with Crippen LogP contribution in [0.1, 0.15) is 5.56 Å². The van der Waals surface area contributed by atoms with Gasteiger partial charge in [-0.3, -0.25) is 10.1 Å². The molecule has 98 valence electrons. The van der Waals surface area contributed by atoms with Crippen LogP contribution in [-0.4, -0.2) is 9.91 Å². The molecular weight excluding hydrogens is 268 g/mol. The van der Waals surface area contributed by atoms with E-state index in [-0.39, 0.29) is 5.69 Å². The van der Waals surface area contributed by atoms with Gasteiger partial charge in [-0.25, -0.2) is 4.98 Å². The molecule has 7 heteroatoms. The van der Waals surface area contributed by atoms with Gasteiger partial charge < -0.3 is 11.1 Å². The summed E-state index contributed by atoms with van der Waals surface area (Å²) in [5.74, 6) is 0.338. The largest absolute Gasteiger partial charge is 0.399 e.